The number of hydrogen-bond donors (Lipinski definition) is 1. The number of nitrogens with one attached hydrogen (secondary N) is 1. The van der Waals surface area contributed by atoms with Crippen LogP contribution < -0.4 is 5.32 Å². The van der Waals surface area contributed by atoms with E-state index in [1.807, 2.05) is 43.5 Å². The van der Waals surface area contributed by atoms with Crippen molar-refractivity contribution in [2.24, 2.45) is 5.92 Å². The zero-order valence-electron chi connectivity index (χ0n) is 16.1. The van der Waals surface area contributed by atoms with Crippen molar-refractivity contribution in [3.63, 3.8) is 0 Å². The van der Waals surface area contributed by atoms with E-state index < -0.39 is 12.0 Å². The molecule has 5 nitrogen and oxygen atoms in total. The molecule has 1 N–H and O–H groups in total. The van der Waals surface area contributed by atoms with E-state index >= 15 is 0 Å². The van der Waals surface area contributed by atoms with Crippen LogP contribution in [0.5, 0.6) is 0 Å². The van der Waals surface area contributed by atoms with Crippen LogP contribution in [0.1, 0.15) is 29.9 Å². The SMILES string of the molecule is CC(C)[C@H](NC(=O)c1ccccc1)C(=O)OCc1csc(-c2ccccc2Cl)n1. The molecule has 150 valence electrons. The summed E-state index contributed by atoms with van der Waals surface area (Å²) in [7, 11) is 0. The minimum atomic E-state index is -0.746. The van der Waals surface area contributed by atoms with Crippen molar-refractivity contribution in [3.8, 4) is 10.6 Å². The number of nitrogens with zero attached hydrogens (tertiary/aromatic N) is 1. The highest BCUT2D eigenvalue weighted by Crippen LogP contribution is 2.30. The van der Waals surface area contributed by atoms with Gasteiger partial charge in [0.05, 0.1) is 10.7 Å². The molecule has 1 aromatic heterocycles. The number of esters is 1. The number of rotatable bonds is 7. The van der Waals surface area contributed by atoms with Gasteiger partial charge in [-0.15, -0.1) is 11.3 Å². The number of thiazole rings is 1. The molecule has 3 rings (SSSR count). The van der Waals surface area contributed by atoms with Crippen LogP contribution in [0.2, 0.25) is 5.02 Å². The lowest BCUT2D eigenvalue weighted by molar-refractivity contribution is -0.148. The van der Waals surface area contributed by atoms with Gasteiger partial charge in [0.25, 0.3) is 5.91 Å². The summed E-state index contributed by atoms with van der Waals surface area (Å²) in [6.07, 6.45) is 0. The molecule has 1 amide bonds. The van der Waals surface area contributed by atoms with Gasteiger partial charge in [0, 0.05) is 16.5 Å². The van der Waals surface area contributed by atoms with E-state index in [9.17, 15) is 9.59 Å². The second-order valence-corrected chi connectivity index (χ2v) is 8.06. The van der Waals surface area contributed by atoms with E-state index in [0.29, 0.717) is 16.3 Å². The molecule has 0 aliphatic heterocycles. The highest BCUT2D eigenvalue weighted by Gasteiger charge is 2.26. The van der Waals surface area contributed by atoms with Crippen LogP contribution in [0.25, 0.3) is 10.6 Å². The van der Waals surface area contributed by atoms with E-state index in [-0.39, 0.29) is 18.4 Å². The number of halogens is 1. The third kappa shape index (κ3) is 5.43. The van der Waals surface area contributed by atoms with Gasteiger partial charge in [0.1, 0.15) is 17.7 Å². The molecule has 3 aromatic rings. The number of ether oxygens (including phenoxy) is 1. The maximum Gasteiger partial charge on any atom is 0.329 e. The summed E-state index contributed by atoms with van der Waals surface area (Å²) < 4.78 is 5.43. The van der Waals surface area contributed by atoms with Gasteiger partial charge in [-0.1, -0.05) is 61.8 Å². The predicted molar refractivity (Wildman–Crippen MR) is 115 cm³/mol. The van der Waals surface area contributed by atoms with Crippen molar-refractivity contribution < 1.29 is 14.3 Å². The molecule has 0 saturated heterocycles. The zero-order chi connectivity index (χ0) is 20.8. The molecule has 0 bridgehead atoms. The second-order valence-electron chi connectivity index (χ2n) is 6.79. The number of hydrogen-bond acceptors (Lipinski definition) is 5. The van der Waals surface area contributed by atoms with Gasteiger partial charge in [-0.3, -0.25) is 4.79 Å². The monoisotopic (exact) mass is 428 g/mol. The number of carbonyl (C=O) groups is 2. The van der Waals surface area contributed by atoms with E-state index in [0.717, 1.165) is 10.6 Å². The molecular weight excluding hydrogens is 408 g/mol. The Bertz CT molecular complexity index is 988. The van der Waals surface area contributed by atoms with Crippen molar-refractivity contribution in [1.82, 2.24) is 10.3 Å². The molecule has 0 fully saturated rings. The molecule has 0 aliphatic carbocycles. The Hall–Kier alpha value is -2.70. The molecule has 1 atom stereocenters. The molecule has 0 saturated carbocycles. The Morgan fingerprint density at radius 1 is 1.10 bits per heavy atom. The summed E-state index contributed by atoms with van der Waals surface area (Å²) in [6.45, 7) is 3.75. The Balaban J connectivity index is 1.62. The second kappa shape index (κ2) is 9.67. The smallest absolute Gasteiger partial charge is 0.329 e. The van der Waals surface area contributed by atoms with Crippen LogP contribution in [0.3, 0.4) is 0 Å². The molecule has 0 unspecified atom stereocenters. The quantitative estimate of drug-likeness (QED) is 0.540. The van der Waals surface area contributed by atoms with Gasteiger partial charge >= 0.3 is 5.97 Å². The standard InChI is InChI=1S/C22H21ClN2O3S/c1-14(2)19(25-20(26)15-8-4-3-5-9-15)22(27)28-12-16-13-29-21(24-16)17-10-6-7-11-18(17)23/h3-11,13-14,19H,12H2,1-2H3,(H,25,26)/t19-/m0/s1. The first-order valence-corrected chi connectivity index (χ1v) is 10.4. The van der Waals surface area contributed by atoms with Gasteiger partial charge < -0.3 is 10.1 Å². The van der Waals surface area contributed by atoms with Crippen LogP contribution in [0, 0.1) is 5.92 Å². The molecule has 29 heavy (non-hydrogen) atoms. The van der Waals surface area contributed by atoms with Crippen molar-refractivity contribution in [1.29, 1.82) is 0 Å². The van der Waals surface area contributed by atoms with Crippen LogP contribution in [-0.2, 0) is 16.1 Å². The fraction of sp³-hybridized carbons (Fsp3) is 0.227. The highest BCUT2D eigenvalue weighted by molar-refractivity contribution is 7.13. The first-order valence-electron chi connectivity index (χ1n) is 9.17. The lowest BCUT2D eigenvalue weighted by Crippen LogP contribution is -2.45. The Morgan fingerprint density at radius 3 is 2.48 bits per heavy atom. The fourth-order valence-corrected chi connectivity index (χ4v) is 3.80. The molecule has 7 heteroatoms. The average Bonchev–Trinajstić information content (AvgIpc) is 3.19. The normalized spacial score (nSPS) is 11.9. The first kappa shape index (κ1) is 21.0. The Labute approximate surface area is 178 Å². The Morgan fingerprint density at radius 2 is 1.79 bits per heavy atom. The van der Waals surface area contributed by atoms with E-state index in [1.165, 1.54) is 11.3 Å². The molecule has 1 heterocycles. The van der Waals surface area contributed by atoms with E-state index in [4.69, 9.17) is 16.3 Å². The van der Waals surface area contributed by atoms with Crippen LogP contribution >= 0.6 is 22.9 Å². The maximum absolute atomic E-state index is 12.6. The van der Waals surface area contributed by atoms with Crippen LogP contribution in [0.15, 0.2) is 60.0 Å². The van der Waals surface area contributed by atoms with Gasteiger partial charge in [0.2, 0.25) is 0 Å². The van der Waals surface area contributed by atoms with Crippen molar-refractivity contribution in [3.05, 3.63) is 76.3 Å². The van der Waals surface area contributed by atoms with Gasteiger partial charge in [-0.25, -0.2) is 9.78 Å². The largest absolute Gasteiger partial charge is 0.458 e. The summed E-state index contributed by atoms with van der Waals surface area (Å²) in [5.74, 6) is -0.920. The fourth-order valence-electron chi connectivity index (χ4n) is 2.68. The number of aromatic nitrogens is 1. The van der Waals surface area contributed by atoms with Gasteiger partial charge in [-0.2, -0.15) is 0 Å². The summed E-state index contributed by atoms with van der Waals surface area (Å²) >= 11 is 7.65. The average molecular weight is 429 g/mol. The molecule has 0 radical (unpaired) electrons. The lowest BCUT2D eigenvalue weighted by Gasteiger charge is -2.20. The molecule has 2 aromatic carbocycles. The summed E-state index contributed by atoms with van der Waals surface area (Å²) in [5, 5.41) is 5.97. The highest BCUT2D eigenvalue weighted by atomic mass is 35.5. The maximum atomic E-state index is 12.6. The summed E-state index contributed by atoms with van der Waals surface area (Å²) in [6, 6.07) is 15.5. The van der Waals surface area contributed by atoms with Gasteiger partial charge in [-0.05, 0) is 24.1 Å². The molecular formula is C22H21ClN2O3S. The third-order valence-electron chi connectivity index (χ3n) is 4.26. The minimum absolute atomic E-state index is 0.0320. The zero-order valence-corrected chi connectivity index (χ0v) is 17.7. The van der Waals surface area contributed by atoms with E-state index in [1.54, 1.807) is 30.3 Å². The van der Waals surface area contributed by atoms with Crippen molar-refractivity contribution >= 4 is 34.8 Å². The summed E-state index contributed by atoms with van der Waals surface area (Å²) in [5.41, 5.74) is 1.97. The number of benzene rings is 2. The van der Waals surface area contributed by atoms with Crippen molar-refractivity contribution in [2.75, 3.05) is 0 Å². The lowest BCUT2D eigenvalue weighted by atomic mass is 10.0. The van der Waals surface area contributed by atoms with Crippen LogP contribution in [-0.4, -0.2) is 22.9 Å². The molecule has 0 spiro atoms. The van der Waals surface area contributed by atoms with Gasteiger partial charge in [0.15, 0.2) is 0 Å². The Kier molecular flexibility index (Phi) is 7.01. The third-order valence-corrected chi connectivity index (χ3v) is 5.52. The molecule has 0 aliphatic rings. The summed E-state index contributed by atoms with van der Waals surface area (Å²) in [4.78, 5) is 29.5. The van der Waals surface area contributed by atoms with Crippen molar-refractivity contribution in [2.45, 2.75) is 26.5 Å². The topological polar surface area (TPSA) is 68.3 Å². The van der Waals surface area contributed by atoms with E-state index in [2.05, 4.69) is 10.3 Å². The minimum Gasteiger partial charge on any atom is -0.458 e. The first-order chi connectivity index (χ1) is 14.0. The number of carbonyl (C=O) groups excluding carboxylic acids is 2. The predicted octanol–water partition coefficient (Wildman–Crippen LogP) is 4.96. The number of amides is 1. The van der Waals surface area contributed by atoms with Crippen LogP contribution in [0.4, 0.5) is 0 Å².